The lowest BCUT2D eigenvalue weighted by Gasteiger charge is -2.45. The van der Waals surface area contributed by atoms with E-state index < -0.39 is 11.7 Å². The number of rotatable bonds is 3. The molecule has 3 aromatic rings. The normalized spacial score (nSPS) is 21.5. The predicted molar refractivity (Wildman–Crippen MR) is 120 cm³/mol. The second-order valence-corrected chi connectivity index (χ2v) is 10.1. The van der Waals surface area contributed by atoms with Crippen LogP contribution >= 0.6 is 0 Å². The van der Waals surface area contributed by atoms with Crippen LogP contribution in [0.25, 0.3) is 22.1 Å². The Bertz CT molecular complexity index is 1240. The van der Waals surface area contributed by atoms with Crippen LogP contribution in [0.2, 0.25) is 0 Å². The van der Waals surface area contributed by atoms with Crippen LogP contribution in [-0.4, -0.2) is 34.3 Å². The summed E-state index contributed by atoms with van der Waals surface area (Å²) in [4.78, 5) is 27.0. The summed E-state index contributed by atoms with van der Waals surface area (Å²) in [6.45, 7) is 10.0. The maximum atomic E-state index is 12.9. The van der Waals surface area contributed by atoms with Crippen molar-refractivity contribution in [2.75, 3.05) is 11.4 Å². The minimum atomic E-state index is -0.586. The molecule has 1 aromatic carbocycles. The Labute approximate surface area is 186 Å². The van der Waals surface area contributed by atoms with Crippen molar-refractivity contribution in [1.29, 1.82) is 0 Å². The highest BCUT2D eigenvalue weighted by molar-refractivity contribution is 6.10. The van der Waals surface area contributed by atoms with Gasteiger partial charge in [0, 0.05) is 23.4 Å². The zero-order valence-corrected chi connectivity index (χ0v) is 19.1. The molecule has 3 aliphatic rings. The minimum absolute atomic E-state index is 0.109. The molecule has 1 N–H and O–H groups in total. The van der Waals surface area contributed by atoms with Crippen LogP contribution in [0.5, 0.6) is 0 Å². The van der Waals surface area contributed by atoms with E-state index in [2.05, 4.69) is 15.5 Å². The maximum Gasteiger partial charge on any atom is 0.408 e. The molecule has 2 aromatic heterocycles. The lowest BCUT2D eigenvalue weighted by molar-refractivity contribution is -0.129. The molecule has 8 nitrogen and oxygen atoms in total. The van der Waals surface area contributed by atoms with Crippen LogP contribution in [0.15, 0.2) is 22.7 Å². The second-order valence-electron chi connectivity index (χ2n) is 10.1. The molecule has 32 heavy (non-hydrogen) atoms. The fraction of sp³-hybridized carbons (Fsp3) is 0.500. The summed E-state index contributed by atoms with van der Waals surface area (Å²) in [5.41, 5.74) is 3.72. The number of hydrogen-bond acceptors (Lipinski definition) is 6. The van der Waals surface area contributed by atoms with Crippen LogP contribution < -0.4 is 10.2 Å². The summed E-state index contributed by atoms with van der Waals surface area (Å²) in [6, 6.07) is 3.63. The summed E-state index contributed by atoms with van der Waals surface area (Å²) in [5.74, 6) is 0.789. The van der Waals surface area contributed by atoms with E-state index in [0.29, 0.717) is 34.8 Å². The molecule has 3 fully saturated rings. The Kier molecular flexibility index (Phi) is 4.65. The summed E-state index contributed by atoms with van der Waals surface area (Å²) < 4.78 is 11.7. The Hall–Kier alpha value is -3.16. The number of benzene rings is 1. The standard InChI is InChI=1S/C24H28N4O4/c1-12-6-16(13(2)26-23(30)32-24(3,4)5)20-17(7-12)19-21(31-20)18(10-25-27-19)28-11-14-8-15(9-14)22(28)29/h6-7,10,13-15H,8-9,11H2,1-5H3,(H,26,30)/t13-,14?,15?/m1/s1. The summed E-state index contributed by atoms with van der Waals surface area (Å²) >= 11 is 0. The van der Waals surface area contributed by atoms with Gasteiger partial charge in [0.25, 0.3) is 0 Å². The number of amides is 2. The topological polar surface area (TPSA) is 97.6 Å². The van der Waals surface area contributed by atoms with E-state index >= 15 is 0 Å². The minimum Gasteiger partial charge on any atom is -0.452 e. The number of nitrogens with zero attached hydrogens (tertiary/aromatic N) is 3. The first kappa shape index (κ1) is 20.7. The number of anilines is 1. The van der Waals surface area contributed by atoms with Crippen molar-refractivity contribution in [3.05, 3.63) is 29.5 Å². The first-order chi connectivity index (χ1) is 15.1. The Morgan fingerprint density at radius 2 is 2.03 bits per heavy atom. The number of carbonyl (C=O) groups is 2. The Morgan fingerprint density at radius 3 is 2.72 bits per heavy atom. The Balaban J connectivity index is 1.57. The third-order valence-electron chi connectivity index (χ3n) is 6.29. The molecule has 2 saturated heterocycles. The highest BCUT2D eigenvalue weighted by Crippen LogP contribution is 2.44. The van der Waals surface area contributed by atoms with Crippen LogP contribution in [0, 0.1) is 18.8 Å². The Morgan fingerprint density at radius 1 is 1.28 bits per heavy atom. The van der Waals surface area contributed by atoms with E-state index in [-0.39, 0.29) is 17.9 Å². The van der Waals surface area contributed by atoms with Crippen molar-refractivity contribution >= 4 is 39.8 Å². The molecule has 0 radical (unpaired) electrons. The van der Waals surface area contributed by atoms with Gasteiger partial charge in [-0.2, -0.15) is 5.10 Å². The number of aryl methyl sites for hydroxylation is 1. The fourth-order valence-corrected chi connectivity index (χ4v) is 4.78. The number of carbonyl (C=O) groups excluding carboxylic acids is 2. The lowest BCUT2D eigenvalue weighted by atomic mass is 9.70. The molecule has 1 aliphatic carbocycles. The number of fused-ring (bicyclic) bond motifs is 5. The second kappa shape index (κ2) is 7.18. The third-order valence-corrected chi connectivity index (χ3v) is 6.29. The predicted octanol–water partition coefficient (Wildman–Crippen LogP) is 4.64. The van der Waals surface area contributed by atoms with Crippen LogP contribution in [0.1, 0.15) is 57.7 Å². The zero-order valence-electron chi connectivity index (χ0n) is 19.1. The van der Waals surface area contributed by atoms with Gasteiger partial charge in [0.2, 0.25) is 5.91 Å². The monoisotopic (exact) mass is 436 g/mol. The maximum absolute atomic E-state index is 12.9. The molecular weight excluding hydrogens is 408 g/mol. The van der Waals surface area contributed by atoms with Gasteiger partial charge >= 0.3 is 6.09 Å². The summed E-state index contributed by atoms with van der Waals surface area (Å²) in [5, 5.41) is 12.2. The highest BCUT2D eigenvalue weighted by Gasteiger charge is 2.45. The van der Waals surface area contributed by atoms with E-state index in [4.69, 9.17) is 9.15 Å². The van der Waals surface area contributed by atoms with Crippen LogP contribution in [-0.2, 0) is 9.53 Å². The van der Waals surface area contributed by atoms with Crippen molar-refractivity contribution in [1.82, 2.24) is 15.5 Å². The molecule has 1 saturated carbocycles. The van der Waals surface area contributed by atoms with Gasteiger partial charge in [-0.3, -0.25) is 4.79 Å². The number of furan rings is 1. The number of piperidine rings is 2. The molecule has 2 bridgehead atoms. The third kappa shape index (κ3) is 3.47. The fourth-order valence-electron chi connectivity index (χ4n) is 4.78. The number of alkyl carbamates (subject to hydrolysis) is 1. The molecule has 0 unspecified atom stereocenters. The molecule has 2 amide bonds. The van der Waals surface area contributed by atoms with Crippen molar-refractivity contribution in [3.63, 3.8) is 0 Å². The largest absolute Gasteiger partial charge is 0.452 e. The lowest BCUT2D eigenvalue weighted by Crippen LogP contribution is -2.53. The van der Waals surface area contributed by atoms with Gasteiger partial charge in [-0.05, 0) is 65.0 Å². The number of hydrogen-bond donors (Lipinski definition) is 1. The number of ether oxygens (including phenoxy) is 1. The molecule has 4 heterocycles. The van der Waals surface area contributed by atoms with Gasteiger partial charge < -0.3 is 19.4 Å². The molecule has 1 atom stereocenters. The molecular formula is C24H28N4O4. The van der Waals surface area contributed by atoms with Crippen molar-refractivity contribution in [2.45, 2.75) is 59.1 Å². The van der Waals surface area contributed by atoms with E-state index in [1.807, 2.05) is 46.8 Å². The molecule has 8 heteroatoms. The van der Waals surface area contributed by atoms with Gasteiger partial charge in [-0.1, -0.05) is 6.07 Å². The molecule has 168 valence electrons. The van der Waals surface area contributed by atoms with Crippen LogP contribution in [0.4, 0.5) is 10.5 Å². The van der Waals surface area contributed by atoms with E-state index in [9.17, 15) is 9.59 Å². The van der Waals surface area contributed by atoms with Gasteiger partial charge in [0.1, 0.15) is 22.4 Å². The highest BCUT2D eigenvalue weighted by atomic mass is 16.6. The first-order valence-electron chi connectivity index (χ1n) is 11.1. The van der Waals surface area contributed by atoms with Crippen molar-refractivity contribution < 1.29 is 18.7 Å². The van der Waals surface area contributed by atoms with Crippen LogP contribution in [0.3, 0.4) is 0 Å². The molecule has 2 aliphatic heterocycles. The molecule has 0 spiro atoms. The van der Waals surface area contributed by atoms with Crippen molar-refractivity contribution in [2.24, 2.45) is 11.8 Å². The van der Waals surface area contributed by atoms with E-state index in [0.717, 1.165) is 29.4 Å². The van der Waals surface area contributed by atoms with Gasteiger partial charge in [-0.15, -0.1) is 5.10 Å². The smallest absolute Gasteiger partial charge is 0.408 e. The van der Waals surface area contributed by atoms with Gasteiger partial charge in [0.05, 0.1) is 12.2 Å². The zero-order chi connectivity index (χ0) is 22.8. The SMILES string of the molecule is Cc1cc([C@@H](C)NC(=O)OC(C)(C)C)c2oc3c(N4CC5CC(C5)C4=O)cnnc3c2c1. The summed E-state index contributed by atoms with van der Waals surface area (Å²) in [7, 11) is 0. The number of nitrogens with one attached hydrogen (secondary N) is 1. The van der Waals surface area contributed by atoms with Crippen molar-refractivity contribution in [3.8, 4) is 0 Å². The summed E-state index contributed by atoms with van der Waals surface area (Å²) in [6.07, 6.45) is 3.08. The quantitative estimate of drug-likeness (QED) is 0.642. The first-order valence-corrected chi connectivity index (χ1v) is 11.1. The van der Waals surface area contributed by atoms with E-state index in [1.165, 1.54) is 0 Å². The average molecular weight is 437 g/mol. The van der Waals surface area contributed by atoms with E-state index in [1.54, 1.807) is 11.1 Å². The average Bonchev–Trinajstić information content (AvgIpc) is 3.03. The van der Waals surface area contributed by atoms with Gasteiger partial charge in [-0.25, -0.2) is 4.79 Å². The van der Waals surface area contributed by atoms with Gasteiger partial charge in [0.15, 0.2) is 5.58 Å². The molecule has 6 rings (SSSR count). The number of aromatic nitrogens is 2.